The lowest BCUT2D eigenvalue weighted by molar-refractivity contribution is -0.120. The number of rotatable bonds is 8. The van der Waals surface area contributed by atoms with Crippen molar-refractivity contribution in [2.75, 3.05) is 18.1 Å². The van der Waals surface area contributed by atoms with Crippen molar-refractivity contribution in [2.45, 2.75) is 13.5 Å². The van der Waals surface area contributed by atoms with E-state index in [1.807, 2.05) is 67.6 Å². The molecule has 0 aliphatic carbocycles. The molecule has 1 amide bonds. The fourth-order valence-corrected chi connectivity index (χ4v) is 2.88. The molecular weight excluding hydrogens is 364 g/mol. The maximum absolute atomic E-state index is 13.0. The van der Waals surface area contributed by atoms with Gasteiger partial charge in [-0.15, -0.1) is 0 Å². The second-order valence-corrected chi connectivity index (χ2v) is 6.30. The molecular formula is C24H22N2O3. The van der Waals surface area contributed by atoms with E-state index < -0.39 is 0 Å². The van der Waals surface area contributed by atoms with Crippen LogP contribution in [0.1, 0.15) is 18.1 Å². The summed E-state index contributed by atoms with van der Waals surface area (Å²) in [7, 11) is 0. The largest absolute Gasteiger partial charge is 0.490 e. The summed E-state index contributed by atoms with van der Waals surface area (Å²) in [5, 5.41) is 9.07. The summed E-state index contributed by atoms with van der Waals surface area (Å²) < 4.78 is 11.3. The molecule has 0 bridgehead atoms. The van der Waals surface area contributed by atoms with E-state index in [0.717, 1.165) is 11.3 Å². The zero-order valence-electron chi connectivity index (χ0n) is 16.2. The van der Waals surface area contributed by atoms with Gasteiger partial charge in [-0.2, -0.15) is 5.26 Å². The van der Waals surface area contributed by atoms with E-state index in [4.69, 9.17) is 14.7 Å². The Balaban J connectivity index is 1.78. The fourth-order valence-electron chi connectivity index (χ4n) is 2.88. The number of amides is 1. The number of nitriles is 1. The molecule has 0 aromatic heterocycles. The lowest BCUT2D eigenvalue weighted by Crippen LogP contribution is -2.34. The molecule has 146 valence electrons. The van der Waals surface area contributed by atoms with Gasteiger partial charge in [-0.25, -0.2) is 0 Å². The van der Waals surface area contributed by atoms with Crippen molar-refractivity contribution in [3.8, 4) is 17.6 Å². The normalized spacial score (nSPS) is 10.1. The summed E-state index contributed by atoms with van der Waals surface area (Å²) in [4.78, 5) is 14.7. The molecule has 0 radical (unpaired) electrons. The Kier molecular flexibility index (Phi) is 6.85. The van der Waals surface area contributed by atoms with E-state index in [-0.39, 0.29) is 12.5 Å². The predicted molar refractivity (Wildman–Crippen MR) is 112 cm³/mol. The van der Waals surface area contributed by atoms with Crippen molar-refractivity contribution in [2.24, 2.45) is 0 Å². The van der Waals surface area contributed by atoms with Crippen molar-refractivity contribution in [3.05, 3.63) is 90.0 Å². The number of carbonyl (C=O) groups is 1. The minimum Gasteiger partial charge on any atom is -0.490 e. The SMILES string of the molecule is CCOc1cc(C#N)ccc1OCC(=O)N(Cc1ccccc1)c1ccccc1. The van der Waals surface area contributed by atoms with E-state index in [0.29, 0.717) is 30.2 Å². The summed E-state index contributed by atoms with van der Waals surface area (Å²) in [6.45, 7) is 2.58. The van der Waals surface area contributed by atoms with Gasteiger partial charge in [0.25, 0.3) is 5.91 Å². The molecule has 5 heteroatoms. The number of para-hydroxylation sites is 1. The third kappa shape index (κ3) is 5.36. The Morgan fingerprint density at radius 1 is 0.931 bits per heavy atom. The van der Waals surface area contributed by atoms with Gasteiger partial charge in [0.2, 0.25) is 0 Å². The van der Waals surface area contributed by atoms with Gasteiger partial charge in [0.05, 0.1) is 24.8 Å². The van der Waals surface area contributed by atoms with Gasteiger partial charge in [-0.3, -0.25) is 4.79 Å². The van der Waals surface area contributed by atoms with Gasteiger partial charge in [-0.1, -0.05) is 48.5 Å². The van der Waals surface area contributed by atoms with Crippen LogP contribution in [-0.2, 0) is 11.3 Å². The highest BCUT2D eigenvalue weighted by Gasteiger charge is 2.18. The molecule has 3 aromatic rings. The second-order valence-electron chi connectivity index (χ2n) is 6.30. The number of hydrogen-bond donors (Lipinski definition) is 0. The van der Waals surface area contributed by atoms with Crippen LogP contribution < -0.4 is 14.4 Å². The van der Waals surface area contributed by atoms with E-state index in [1.54, 1.807) is 23.1 Å². The molecule has 0 aliphatic heterocycles. The molecule has 0 spiro atoms. The van der Waals surface area contributed by atoms with E-state index >= 15 is 0 Å². The van der Waals surface area contributed by atoms with Crippen LogP contribution in [0.2, 0.25) is 0 Å². The van der Waals surface area contributed by atoms with Gasteiger partial charge >= 0.3 is 0 Å². The number of carbonyl (C=O) groups excluding carboxylic acids is 1. The minimum atomic E-state index is -0.174. The predicted octanol–water partition coefficient (Wildman–Crippen LogP) is 4.57. The first-order chi connectivity index (χ1) is 14.2. The van der Waals surface area contributed by atoms with Crippen molar-refractivity contribution in [3.63, 3.8) is 0 Å². The van der Waals surface area contributed by atoms with Gasteiger partial charge < -0.3 is 14.4 Å². The maximum Gasteiger partial charge on any atom is 0.265 e. The van der Waals surface area contributed by atoms with Crippen LogP contribution in [0.4, 0.5) is 5.69 Å². The Morgan fingerprint density at radius 3 is 2.28 bits per heavy atom. The van der Waals surface area contributed by atoms with Crippen molar-refractivity contribution in [1.82, 2.24) is 0 Å². The Labute approximate surface area is 170 Å². The molecule has 0 heterocycles. The van der Waals surface area contributed by atoms with Crippen LogP contribution >= 0.6 is 0 Å². The number of nitrogens with zero attached hydrogens (tertiary/aromatic N) is 2. The fraction of sp³-hybridized carbons (Fsp3) is 0.167. The highest BCUT2D eigenvalue weighted by atomic mass is 16.5. The van der Waals surface area contributed by atoms with Crippen LogP contribution in [0, 0.1) is 11.3 Å². The highest BCUT2D eigenvalue weighted by molar-refractivity contribution is 5.94. The first-order valence-corrected chi connectivity index (χ1v) is 9.40. The smallest absolute Gasteiger partial charge is 0.265 e. The molecule has 29 heavy (non-hydrogen) atoms. The molecule has 0 atom stereocenters. The second kappa shape index (κ2) is 9.95. The Hall–Kier alpha value is -3.78. The van der Waals surface area contributed by atoms with Crippen molar-refractivity contribution < 1.29 is 14.3 Å². The average molecular weight is 386 g/mol. The van der Waals surface area contributed by atoms with Crippen LogP contribution in [0.5, 0.6) is 11.5 Å². The summed E-state index contributed by atoms with van der Waals surface area (Å²) >= 11 is 0. The van der Waals surface area contributed by atoms with E-state index in [1.165, 1.54) is 0 Å². The van der Waals surface area contributed by atoms with Crippen LogP contribution in [0.3, 0.4) is 0 Å². The highest BCUT2D eigenvalue weighted by Crippen LogP contribution is 2.28. The summed E-state index contributed by atoms with van der Waals surface area (Å²) in [5.74, 6) is 0.715. The monoisotopic (exact) mass is 386 g/mol. The van der Waals surface area contributed by atoms with Crippen LogP contribution in [0.25, 0.3) is 0 Å². The minimum absolute atomic E-state index is 0.145. The first-order valence-electron chi connectivity index (χ1n) is 9.40. The molecule has 0 N–H and O–H groups in total. The molecule has 0 aliphatic rings. The zero-order valence-corrected chi connectivity index (χ0v) is 16.2. The van der Waals surface area contributed by atoms with Gasteiger partial charge in [-0.05, 0) is 36.8 Å². The van der Waals surface area contributed by atoms with Crippen molar-refractivity contribution >= 4 is 11.6 Å². The van der Waals surface area contributed by atoms with Crippen LogP contribution in [0.15, 0.2) is 78.9 Å². The molecule has 0 saturated heterocycles. The molecule has 5 nitrogen and oxygen atoms in total. The maximum atomic E-state index is 13.0. The van der Waals surface area contributed by atoms with Gasteiger partial charge in [0.15, 0.2) is 18.1 Å². The number of anilines is 1. The lowest BCUT2D eigenvalue weighted by atomic mass is 10.2. The zero-order chi connectivity index (χ0) is 20.5. The molecule has 0 unspecified atom stereocenters. The Bertz CT molecular complexity index is 982. The van der Waals surface area contributed by atoms with Crippen LogP contribution in [-0.4, -0.2) is 19.1 Å². The molecule has 3 aromatic carbocycles. The summed E-state index contributed by atoms with van der Waals surface area (Å²) in [5.41, 5.74) is 2.30. The number of ether oxygens (including phenoxy) is 2. The number of benzene rings is 3. The third-order valence-electron chi connectivity index (χ3n) is 4.28. The quantitative estimate of drug-likeness (QED) is 0.569. The van der Waals surface area contributed by atoms with E-state index in [2.05, 4.69) is 6.07 Å². The standard InChI is InChI=1S/C24H22N2O3/c1-2-28-23-15-20(16-25)13-14-22(23)29-18-24(27)26(21-11-7-4-8-12-21)17-19-9-5-3-6-10-19/h3-15H,2,17-18H2,1H3. The average Bonchev–Trinajstić information content (AvgIpc) is 2.78. The van der Waals surface area contributed by atoms with Gasteiger partial charge in [0, 0.05) is 11.8 Å². The molecule has 0 fully saturated rings. The van der Waals surface area contributed by atoms with Crippen molar-refractivity contribution in [1.29, 1.82) is 5.26 Å². The summed E-state index contributed by atoms with van der Waals surface area (Å²) in [6.07, 6.45) is 0. The summed E-state index contributed by atoms with van der Waals surface area (Å²) in [6, 6.07) is 26.3. The first kappa shape index (κ1) is 20.0. The van der Waals surface area contributed by atoms with Gasteiger partial charge in [0.1, 0.15) is 0 Å². The topological polar surface area (TPSA) is 62.6 Å². The number of hydrogen-bond acceptors (Lipinski definition) is 4. The molecule has 3 rings (SSSR count). The Morgan fingerprint density at radius 2 is 1.62 bits per heavy atom. The lowest BCUT2D eigenvalue weighted by Gasteiger charge is -2.23. The third-order valence-corrected chi connectivity index (χ3v) is 4.28. The molecule has 0 saturated carbocycles. The van der Waals surface area contributed by atoms with E-state index in [9.17, 15) is 4.79 Å².